The number of phosphoric acid groups is 2. The molecule has 0 saturated heterocycles. The molecule has 0 radical (unpaired) electrons. The maximum Gasteiger partial charge on any atom is 0.472 e. The van der Waals surface area contributed by atoms with Gasteiger partial charge >= 0.3 is 39.5 Å². The van der Waals surface area contributed by atoms with Crippen LogP contribution in [0.1, 0.15) is 337 Å². The minimum Gasteiger partial charge on any atom is -0.462 e. The van der Waals surface area contributed by atoms with Crippen molar-refractivity contribution in [1.29, 1.82) is 0 Å². The summed E-state index contributed by atoms with van der Waals surface area (Å²) in [5.41, 5.74) is 0. The van der Waals surface area contributed by atoms with Crippen LogP contribution in [-0.2, 0) is 65.4 Å². The second-order valence-electron chi connectivity index (χ2n) is 26.5. The number of rotatable bonds is 68. The van der Waals surface area contributed by atoms with E-state index in [0.29, 0.717) is 31.6 Å². The van der Waals surface area contributed by atoms with Gasteiger partial charge in [0.05, 0.1) is 26.4 Å². The van der Waals surface area contributed by atoms with Gasteiger partial charge in [-0.15, -0.1) is 0 Å². The Hall–Kier alpha value is -2.46. The third-order valence-corrected chi connectivity index (χ3v) is 18.3. The number of allylic oxidation sites excluding steroid dienone is 4. The highest BCUT2D eigenvalue weighted by molar-refractivity contribution is 7.47. The predicted molar refractivity (Wildman–Crippen MR) is 367 cm³/mol. The van der Waals surface area contributed by atoms with E-state index in [4.69, 9.17) is 37.0 Å². The average Bonchev–Trinajstić information content (AvgIpc) is 3.59. The van der Waals surface area contributed by atoms with Gasteiger partial charge in [0.25, 0.3) is 0 Å². The molecule has 0 amide bonds. The molecule has 0 rings (SSSR count). The van der Waals surface area contributed by atoms with Crippen molar-refractivity contribution < 1.29 is 80.2 Å². The summed E-state index contributed by atoms with van der Waals surface area (Å²) in [6.07, 6.45) is 49.4. The molecule has 0 aromatic heterocycles. The number of aliphatic hydroxyl groups excluding tert-OH is 1. The summed E-state index contributed by atoms with van der Waals surface area (Å²) >= 11 is 0. The van der Waals surface area contributed by atoms with Crippen LogP contribution in [0.3, 0.4) is 0 Å². The van der Waals surface area contributed by atoms with Crippen LogP contribution in [0, 0.1) is 17.8 Å². The highest BCUT2D eigenvalue weighted by Gasteiger charge is 2.30. The lowest BCUT2D eigenvalue weighted by Crippen LogP contribution is -2.30. The third kappa shape index (κ3) is 64.6. The Labute approximate surface area is 554 Å². The fourth-order valence-electron chi connectivity index (χ4n) is 10.3. The second-order valence-corrected chi connectivity index (χ2v) is 29.4. The Morgan fingerprint density at radius 2 is 0.648 bits per heavy atom. The van der Waals surface area contributed by atoms with Crippen molar-refractivity contribution >= 4 is 39.5 Å². The third-order valence-electron chi connectivity index (χ3n) is 16.4. The van der Waals surface area contributed by atoms with E-state index in [0.717, 1.165) is 127 Å². The first-order chi connectivity index (χ1) is 43.8. The van der Waals surface area contributed by atoms with Crippen molar-refractivity contribution in [3.05, 3.63) is 24.3 Å². The molecule has 3 unspecified atom stereocenters. The minimum atomic E-state index is -4.96. The molecule has 0 aliphatic rings. The topological polar surface area (TPSA) is 237 Å². The molecule has 3 N–H and O–H groups in total. The van der Waals surface area contributed by atoms with Gasteiger partial charge in [-0.05, 0) is 69.1 Å². The number of hydrogen-bond acceptors (Lipinski definition) is 15. The molecular formula is C72H136O17P2. The van der Waals surface area contributed by atoms with Gasteiger partial charge in [-0.3, -0.25) is 37.3 Å². The first kappa shape index (κ1) is 88.5. The van der Waals surface area contributed by atoms with Crippen LogP contribution in [0.2, 0.25) is 0 Å². The van der Waals surface area contributed by atoms with Gasteiger partial charge in [0, 0.05) is 25.7 Å². The SMILES string of the molecule is CCCCCC/C=C\C=C/CCCCCCCC(=O)OC[C@H](COP(=O)(O)OC[C@@H](O)COP(=O)(O)OC[C@@H](COC(=O)CCCCCCCCC(C)C)OC(=O)CCCCCCCCCCCCC(C)C)OC(=O)CCCCCCCCCCCCC(C)CC. The second kappa shape index (κ2) is 62.4. The van der Waals surface area contributed by atoms with Crippen molar-refractivity contribution in [2.45, 2.75) is 356 Å². The molecule has 0 aliphatic carbocycles. The van der Waals surface area contributed by atoms with E-state index in [2.05, 4.69) is 72.8 Å². The van der Waals surface area contributed by atoms with Crippen LogP contribution >= 0.6 is 15.6 Å². The maximum atomic E-state index is 13.0. The number of phosphoric ester groups is 2. The lowest BCUT2D eigenvalue weighted by atomic mass is 9.99. The number of hydrogen-bond donors (Lipinski definition) is 3. The standard InChI is InChI=1S/C72H136O17P2/c1-8-10-11-12-13-14-15-16-17-18-19-26-31-39-46-53-69(74)82-59-67(88-72(77)56-49-42-33-28-23-21-25-30-38-45-52-65(7)9-2)61-86-90(78,79)84-57-66(73)58-85-91(80,81)87-62-68(60-83-70(75)54-47-40-35-34-37-44-51-64(5)6)89-71(76)55-48-41-32-27-22-20-24-29-36-43-50-63(3)4/h14-17,63-68,73H,8-13,18-62H2,1-7H3,(H,78,79)(H,80,81)/b15-14-,17-16-/t65?,66-,67-,68-/m1/s1. The van der Waals surface area contributed by atoms with Crippen LogP contribution in [-0.4, -0.2) is 96.7 Å². The van der Waals surface area contributed by atoms with Gasteiger partial charge in [0.1, 0.15) is 19.3 Å². The van der Waals surface area contributed by atoms with E-state index in [1.54, 1.807) is 0 Å². The zero-order chi connectivity index (χ0) is 67.3. The maximum absolute atomic E-state index is 13.0. The molecule has 0 aromatic rings. The molecule has 0 spiro atoms. The first-order valence-electron chi connectivity index (χ1n) is 36.7. The number of ether oxygens (including phenoxy) is 4. The van der Waals surface area contributed by atoms with Gasteiger partial charge in [0.2, 0.25) is 0 Å². The number of carbonyl (C=O) groups excluding carboxylic acids is 4. The Balaban J connectivity index is 5.29. The molecule has 0 aromatic carbocycles. The number of carbonyl (C=O) groups is 4. The molecule has 91 heavy (non-hydrogen) atoms. The van der Waals surface area contributed by atoms with Crippen molar-refractivity contribution in [2.75, 3.05) is 39.6 Å². The Bertz CT molecular complexity index is 1880. The summed E-state index contributed by atoms with van der Waals surface area (Å²) in [6, 6.07) is 0. The van der Waals surface area contributed by atoms with E-state index in [-0.39, 0.29) is 25.7 Å². The minimum absolute atomic E-state index is 0.0988. The molecule has 0 aliphatic heterocycles. The summed E-state index contributed by atoms with van der Waals surface area (Å²) in [7, 11) is -9.92. The highest BCUT2D eigenvalue weighted by atomic mass is 31.2. The van der Waals surface area contributed by atoms with E-state index < -0.39 is 97.5 Å². The molecular weight excluding hydrogens is 1200 g/mol. The van der Waals surface area contributed by atoms with Gasteiger partial charge in [-0.25, -0.2) is 9.13 Å². The monoisotopic (exact) mass is 1330 g/mol. The first-order valence-corrected chi connectivity index (χ1v) is 39.7. The molecule has 17 nitrogen and oxygen atoms in total. The molecule has 0 bridgehead atoms. The van der Waals surface area contributed by atoms with E-state index in [1.807, 2.05) is 0 Å². The predicted octanol–water partition coefficient (Wildman–Crippen LogP) is 20.2. The summed E-state index contributed by atoms with van der Waals surface area (Å²) in [6.45, 7) is 11.7. The van der Waals surface area contributed by atoms with Gasteiger partial charge < -0.3 is 33.8 Å². The quantitative estimate of drug-likeness (QED) is 0.0169. The average molecular weight is 1340 g/mol. The number of unbranched alkanes of at least 4 members (excludes halogenated alkanes) is 32. The Kier molecular flexibility index (Phi) is 60.7. The lowest BCUT2D eigenvalue weighted by Gasteiger charge is -2.21. The Morgan fingerprint density at radius 1 is 0.363 bits per heavy atom. The Morgan fingerprint density at radius 3 is 0.978 bits per heavy atom. The number of aliphatic hydroxyl groups is 1. The fraction of sp³-hybridized carbons (Fsp3) is 0.889. The lowest BCUT2D eigenvalue weighted by molar-refractivity contribution is -0.161. The summed E-state index contributed by atoms with van der Waals surface area (Å²) in [5, 5.41) is 10.6. The van der Waals surface area contributed by atoms with E-state index in [9.17, 15) is 43.2 Å². The summed E-state index contributed by atoms with van der Waals surface area (Å²) in [5.74, 6) is 0.0721. The van der Waals surface area contributed by atoms with Crippen LogP contribution < -0.4 is 0 Å². The normalized spacial score (nSPS) is 14.6. The van der Waals surface area contributed by atoms with Gasteiger partial charge in [0.15, 0.2) is 12.2 Å². The molecule has 536 valence electrons. The van der Waals surface area contributed by atoms with E-state index in [1.165, 1.54) is 122 Å². The summed E-state index contributed by atoms with van der Waals surface area (Å²) in [4.78, 5) is 72.6. The number of esters is 4. The molecule has 6 atom stereocenters. The molecule has 19 heteroatoms. The molecule has 0 fully saturated rings. The van der Waals surface area contributed by atoms with Crippen molar-refractivity contribution in [3.63, 3.8) is 0 Å². The zero-order valence-electron chi connectivity index (χ0n) is 58.8. The van der Waals surface area contributed by atoms with Crippen molar-refractivity contribution in [3.8, 4) is 0 Å². The summed E-state index contributed by atoms with van der Waals surface area (Å²) < 4.78 is 68.3. The highest BCUT2D eigenvalue weighted by Crippen LogP contribution is 2.45. The van der Waals surface area contributed by atoms with Crippen molar-refractivity contribution in [1.82, 2.24) is 0 Å². The van der Waals surface area contributed by atoms with Crippen LogP contribution in [0.4, 0.5) is 0 Å². The van der Waals surface area contributed by atoms with Crippen LogP contribution in [0.15, 0.2) is 24.3 Å². The van der Waals surface area contributed by atoms with Gasteiger partial charge in [-0.1, -0.05) is 285 Å². The van der Waals surface area contributed by atoms with Crippen LogP contribution in [0.5, 0.6) is 0 Å². The zero-order valence-corrected chi connectivity index (χ0v) is 60.6. The van der Waals surface area contributed by atoms with E-state index >= 15 is 0 Å². The van der Waals surface area contributed by atoms with Crippen LogP contribution in [0.25, 0.3) is 0 Å². The molecule has 0 saturated carbocycles. The smallest absolute Gasteiger partial charge is 0.462 e. The largest absolute Gasteiger partial charge is 0.472 e. The molecule has 0 heterocycles. The fourth-order valence-corrected chi connectivity index (χ4v) is 11.9. The van der Waals surface area contributed by atoms with Gasteiger partial charge in [-0.2, -0.15) is 0 Å². The van der Waals surface area contributed by atoms with Crippen molar-refractivity contribution in [2.24, 2.45) is 17.8 Å².